The number of alkyl halides is 2. The molecule has 0 aliphatic heterocycles. The highest BCUT2D eigenvalue weighted by Gasteiger charge is 1.91. The Morgan fingerprint density at radius 2 is 2.17 bits per heavy atom. The highest BCUT2D eigenvalue weighted by molar-refractivity contribution is 8.02. The average Bonchev–Trinajstić information content (AvgIpc) is 1.35. The summed E-state index contributed by atoms with van der Waals surface area (Å²) in [4.78, 5) is 0. The lowest BCUT2D eigenvalue weighted by Gasteiger charge is -1.91. The van der Waals surface area contributed by atoms with Crippen LogP contribution in [0.1, 0.15) is 6.92 Å². The summed E-state index contributed by atoms with van der Waals surface area (Å²) < 4.78 is -0.241. The number of thioether (sulfide) groups is 1. The van der Waals surface area contributed by atoms with Gasteiger partial charge < -0.3 is 0 Å². The second-order valence-electron chi connectivity index (χ2n) is 0.716. The van der Waals surface area contributed by atoms with Crippen LogP contribution in [0.2, 0.25) is 0 Å². The van der Waals surface area contributed by atoms with Gasteiger partial charge in [-0.25, -0.2) is 0 Å². The van der Waals surface area contributed by atoms with Crippen LogP contribution in [0.15, 0.2) is 0 Å². The van der Waals surface area contributed by atoms with Gasteiger partial charge in [0.05, 0.1) is 0 Å². The van der Waals surface area contributed by atoms with Crippen molar-refractivity contribution in [2.24, 2.45) is 0 Å². The van der Waals surface area contributed by atoms with E-state index in [1.165, 1.54) is 11.8 Å². The third-order valence-electron chi connectivity index (χ3n) is 0.293. The minimum atomic E-state index is -0.241. The maximum atomic E-state index is 5.31. The normalized spacial score (nSPS) is 10.0. The van der Waals surface area contributed by atoms with Gasteiger partial charge in [0.2, 0.25) is 0 Å². The molecule has 0 atom stereocenters. The fraction of sp³-hybridized carbons (Fsp3) is 1.00. The van der Waals surface area contributed by atoms with Gasteiger partial charge in [0.15, 0.2) is 4.17 Å². The fourth-order valence-corrected chi connectivity index (χ4v) is 1.13. The molecule has 38 valence electrons. The molecule has 0 N–H and O–H groups in total. The third kappa shape index (κ3) is 4.93. The van der Waals surface area contributed by atoms with E-state index in [2.05, 4.69) is 0 Å². The van der Waals surface area contributed by atoms with Gasteiger partial charge in [-0.15, -0.1) is 11.8 Å². The lowest BCUT2D eigenvalue weighted by molar-refractivity contribution is 1.52. The molecule has 0 aromatic carbocycles. The predicted molar refractivity (Wildman–Crippen MR) is 33.6 cm³/mol. The Bertz CT molecular complexity index is 30.0. The fourth-order valence-electron chi connectivity index (χ4n) is 0.126. The Morgan fingerprint density at radius 3 is 2.17 bits per heavy atom. The van der Waals surface area contributed by atoms with Crippen LogP contribution in [0.5, 0.6) is 0 Å². The van der Waals surface area contributed by atoms with Gasteiger partial charge in [0, 0.05) is 0 Å². The molecule has 0 bridgehead atoms. The largest absolute Gasteiger partial charge is 0.153 e. The molecular weight excluding hydrogens is 139 g/mol. The first-order valence-electron chi connectivity index (χ1n) is 1.67. The van der Waals surface area contributed by atoms with E-state index in [0.29, 0.717) is 0 Å². The predicted octanol–water partition coefficient (Wildman–Crippen LogP) is 2.50. The first kappa shape index (κ1) is 6.93. The molecule has 0 rings (SSSR count). The van der Waals surface area contributed by atoms with Crippen molar-refractivity contribution >= 4 is 35.0 Å². The van der Waals surface area contributed by atoms with Crippen LogP contribution < -0.4 is 0 Å². The van der Waals surface area contributed by atoms with E-state index in [-0.39, 0.29) is 4.17 Å². The standard InChI is InChI=1S/C3H6Cl2S/c1-2-6-3(4)5/h3H,2H2,1H3. The zero-order chi connectivity index (χ0) is 4.99. The maximum Gasteiger partial charge on any atom is 0.153 e. The van der Waals surface area contributed by atoms with E-state index in [0.717, 1.165) is 5.75 Å². The van der Waals surface area contributed by atoms with E-state index in [1.54, 1.807) is 0 Å². The lowest BCUT2D eigenvalue weighted by atomic mass is 11.0. The Labute approximate surface area is 52.2 Å². The smallest absolute Gasteiger partial charge is 0.127 e. The summed E-state index contributed by atoms with van der Waals surface area (Å²) in [6, 6.07) is 0. The van der Waals surface area contributed by atoms with Crippen molar-refractivity contribution in [3.63, 3.8) is 0 Å². The Morgan fingerprint density at radius 1 is 1.67 bits per heavy atom. The summed E-state index contributed by atoms with van der Waals surface area (Å²) in [5.74, 6) is 0.984. The molecule has 0 spiro atoms. The van der Waals surface area contributed by atoms with Crippen molar-refractivity contribution < 1.29 is 0 Å². The minimum absolute atomic E-state index is 0.241. The summed E-state index contributed by atoms with van der Waals surface area (Å²) >= 11 is 12.1. The van der Waals surface area contributed by atoms with Crippen LogP contribution in [0.25, 0.3) is 0 Å². The molecule has 0 fully saturated rings. The van der Waals surface area contributed by atoms with Gasteiger partial charge in [0.25, 0.3) is 0 Å². The highest BCUT2D eigenvalue weighted by Crippen LogP contribution is 2.17. The van der Waals surface area contributed by atoms with Crippen molar-refractivity contribution in [2.45, 2.75) is 11.1 Å². The van der Waals surface area contributed by atoms with Gasteiger partial charge in [-0.05, 0) is 5.75 Å². The third-order valence-corrected chi connectivity index (χ3v) is 1.63. The summed E-state index contributed by atoms with van der Waals surface area (Å²) in [6.45, 7) is 2.02. The Balaban J connectivity index is 2.63. The van der Waals surface area contributed by atoms with Gasteiger partial charge in [-0.2, -0.15) is 0 Å². The number of rotatable bonds is 2. The molecule has 0 aromatic rings. The van der Waals surface area contributed by atoms with Crippen molar-refractivity contribution in [1.82, 2.24) is 0 Å². The van der Waals surface area contributed by atoms with Crippen LogP contribution in [-0.2, 0) is 0 Å². The Kier molecular flexibility index (Phi) is 4.73. The molecule has 0 aromatic heterocycles. The molecule has 0 heterocycles. The molecule has 0 aliphatic carbocycles. The van der Waals surface area contributed by atoms with Crippen LogP contribution in [0, 0.1) is 0 Å². The maximum absolute atomic E-state index is 5.31. The van der Waals surface area contributed by atoms with Crippen LogP contribution in [-0.4, -0.2) is 9.92 Å². The van der Waals surface area contributed by atoms with Gasteiger partial charge in [-0.1, -0.05) is 30.1 Å². The van der Waals surface area contributed by atoms with E-state index in [4.69, 9.17) is 23.2 Å². The van der Waals surface area contributed by atoms with Crippen molar-refractivity contribution in [3.8, 4) is 0 Å². The monoisotopic (exact) mass is 144 g/mol. The second-order valence-corrected chi connectivity index (χ2v) is 3.71. The van der Waals surface area contributed by atoms with E-state index in [1.807, 2.05) is 6.92 Å². The second kappa shape index (κ2) is 4.10. The topological polar surface area (TPSA) is 0 Å². The molecule has 0 amide bonds. The summed E-state index contributed by atoms with van der Waals surface area (Å²) in [5, 5.41) is 0. The molecule has 0 nitrogen and oxygen atoms in total. The summed E-state index contributed by atoms with van der Waals surface area (Å²) in [5.41, 5.74) is 0. The summed E-state index contributed by atoms with van der Waals surface area (Å²) in [7, 11) is 0. The van der Waals surface area contributed by atoms with Crippen LogP contribution >= 0.6 is 35.0 Å². The minimum Gasteiger partial charge on any atom is -0.127 e. The first-order chi connectivity index (χ1) is 2.77. The average molecular weight is 145 g/mol. The zero-order valence-corrected chi connectivity index (χ0v) is 5.78. The zero-order valence-electron chi connectivity index (χ0n) is 3.45. The first-order valence-corrected chi connectivity index (χ1v) is 3.59. The lowest BCUT2D eigenvalue weighted by Crippen LogP contribution is -1.74. The number of hydrogen-bond acceptors (Lipinski definition) is 1. The Hall–Kier alpha value is 0.930. The number of hydrogen-bond donors (Lipinski definition) is 0. The van der Waals surface area contributed by atoms with Crippen LogP contribution in [0.3, 0.4) is 0 Å². The molecular formula is C3H6Cl2S. The SMILES string of the molecule is CCSC(Cl)Cl. The van der Waals surface area contributed by atoms with E-state index < -0.39 is 0 Å². The molecule has 0 unspecified atom stereocenters. The van der Waals surface area contributed by atoms with Crippen LogP contribution in [0.4, 0.5) is 0 Å². The molecule has 0 saturated heterocycles. The molecule has 6 heavy (non-hydrogen) atoms. The summed E-state index contributed by atoms with van der Waals surface area (Å²) in [6.07, 6.45) is 0. The van der Waals surface area contributed by atoms with Gasteiger partial charge >= 0.3 is 0 Å². The van der Waals surface area contributed by atoms with Crippen molar-refractivity contribution in [3.05, 3.63) is 0 Å². The molecule has 0 radical (unpaired) electrons. The van der Waals surface area contributed by atoms with Gasteiger partial charge in [-0.3, -0.25) is 0 Å². The molecule has 0 aliphatic rings. The van der Waals surface area contributed by atoms with Crippen molar-refractivity contribution in [1.29, 1.82) is 0 Å². The van der Waals surface area contributed by atoms with Crippen molar-refractivity contribution in [2.75, 3.05) is 5.75 Å². The van der Waals surface area contributed by atoms with Gasteiger partial charge in [0.1, 0.15) is 0 Å². The highest BCUT2D eigenvalue weighted by atomic mass is 35.5. The van der Waals surface area contributed by atoms with E-state index in [9.17, 15) is 0 Å². The molecule has 3 heteroatoms. The number of halogens is 2. The molecule has 0 saturated carbocycles. The van der Waals surface area contributed by atoms with E-state index >= 15 is 0 Å². The quantitative estimate of drug-likeness (QED) is 0.538.